The molecule has 0 heterocycles. The Hall–Kier alpha value is -3.54. The van der Waals surface area contributed by atoms with Gasteiger partial charge in [0, 0.05) is 18.2 Å². The number of rotatable bonds is 11. The number of ether oxygens (including phenoxy) is 2. The molecule has 1 aromatic rings. The molecule has 1 fully saturated rings. The van der Waals surface area contributed by atoms with Gasteiger partial charge in [0.2, 0.25) is 11.8 Å². The molecule has 0 saturated heterocycles. The zero-order valence-corrected chi connectivity index (χ0v) is 22.6. The molecule has 202 valence electrons. The van der Waals surface area contributed by atoms with Crippen LogP contribution in [0.4, 0.5) is 4.79 Å². The molecule has 1 saturated carbocycles. The highest BCUT2D eigenvalue weighted by molar-refractivity contribution is 5.93. The molecule has 9 nitrogen and oxygen atoms in total. The van der Waals surface area contributed by atoms with Gasteiger partial charge in [-0.3, -0.25) is 14.4 Å². The van der Waals surface area contributed by atoms with E-state index in [0.29, 0.717) is 11.1 Å². The largest absolute Gasteiger partial charge is 0.466 e. The van der Waals surface area contributed by atoms with Crippen LogP contribution in [0, 0.1) is 18.3 Å². The van der Waals surface area contributed by atoms with E-state index in [1.165, 1.54) is 0 Å². The molecule has 0 bridgehead atoms. The maximum atomic E-state index is 13.9. The van der Waals surface area contributed by atoms with Gasteiger partial charge < -0.3 is 25.0 Å². The van der Waals surface area contributed by atoms with E-state index in [4.69, 9.17) is 15.9 Å². The molecule has 1 aliphatic carbocycles. The quantitative estimate of drug-likeness (QED) is 0.347. The Morgan fingerprint density at radius 3 is 2.24 bits per heavy atom. The van der Waals surface area contributed by atoms with E-state index in [2.05, 4.69) is 16.6 Å². The van der Waals surface area contributed by atoms with Crippen molar-refractivity contribution >= 4 is 23.9 Å². The van der Waals surface area contributed by atoms with Crippen molar-refractivity contribution in [1.29, 1.82) is 0 Å². The number of terminal acetylenes is 1. The van der Waals surface area contributed by atoms with Crippen molar-refractivity contribution in [3.8, 4) is 12.3 Å². The van der Waals surface area contributed by atoms with Gasteiger partial charge in [-0.15, -0.1) is 6.42 Å². The lowest BCUT2D eigenvalue weighted by Crippen LogP contribution is -2.55. The standard InChI is InChI=1S/C28H39N3O6/c1-8-19-10-12-20(13-11-19)24(25(33)29-17-16-22(32)36-9-2)31(21-14-15-21)26(34)23(18(3)4)30-27(35)37-28(5,6)7/h1,10-13,18,21,23-24H,9,14-17H2,2-7H3,(H,29,33)(H,30,35). The van der Waals surface area contributed by atoms with Crippen LogP contribution in [0.2, 0.25) is 0 Å². The third-order valence-electron chi connectivity index (χ3n) is 5.65. The lowest BCUT2D eigenvalue weighted by atomic mass is 9.98. The van der Waals surface area contributed by atoms with Gasteiger partial charge in [-0.05, 0) is 64.2 Å². The topological polar surface area (TPSA) is 114 Å². The fourth-order valence-electron chi connectivity index (χ4n) is 3.80. The maximum absolute atomic E-state index is 13.9. The molecule has 0 radical (unpaired) electrons. The molecule has 0 aromatic heterocycles. The molecular formula is C28H39N3O6. The van der Waals surface area contributed by atoms with Gasteiger partial charge in [-0.25, -0.2) is 4.79 Å². The zero-order chi connectivity index (χ0) is 27.8. The summed E-state index contributed by atoms with van der Waals surface area (Å²) in [5.74, 6) is 1.05. The predicted octanol–water partition coefficient (Wildman–Crippen LogP) is 3.32. The average molecular weight is 514 g/mol. The van der Waals surface area contributed by atoms with Crippen LogP contribution < -0.4 is 10.6 Å². The number of amides is 3. The van der Waals surface area contributed by atoms with Gasteiger partial charge in [0.1, 0.15) is 17.7 Å². The van der Waals surface area contributed by atoms with E-state index in [0.717, 1.165) is 12.8 Å². The van der Waals surface area contributed by atoms with Gasteiger partial charge in [-0.1, -0.05) is 31.9 Å². The minimum atomic E-state index is -0.976. The summed E-state index contributed by atoms with van der Waals surface area (Å²) in [5.41, 5.74) is 0.485. The number of esters is 1. The van der Waals surface area contributed by atoms with Crippen LogP contribution in [0.5, 0.6) is 0 Å². The van der Waals surface area contributed by atoms with Gasteiger partial charge in [0.05, 0.1) is 13.0 Å². The van der Waals surface area contributed by atoms with Gasteiger partial charge in [0.25, 0.3) is 0 Å². The summed E-state index contributed by atoms with van der Waals surface area (Å²) in [6, 6.07) is 4.82. The van der Waals surface area contributed by atoms with E-state index < -0.39 is 35.7 Å². The maximum Gasteiger partial charge on any atom is 0.408 e. The van der Waals surface area contributed by atoms with Gasteiger partial charge in [-0.2, -0.15) is 0 Å². The normalized spacial score (nSPS) is 14.6. The third-order valence-corrected chi connectivity index (χ3v) is 5.65. The summed E-state index contributed by atoms with van der Waals surface area (Å²) in [4.78, 5) is 53.3. The predicted molar refractivity (Wildman–Crippen MR) is 139 cm³/mol. The first-order chi connectivity index (χ1) is 17.4. The highest BCUT2D eigenvalue weighted by atomic mass is 16.6. The molecule has 37 heavy (non-hydrogen) atoms. The Morgan fingerprint density at radius 2 is 1.76 bits per heavy atom. The van der Waals surface area contributed by atoms with Crippen LogP contribution in [0.1, 0.15) is 78.0 Å². The molecule has 9 heteroatoms. The summed E-state index contributed by atoms with van der Waals surface area (Å²) in [7, 11) is 0. The fourth-order valence-corrected chi connectivity index (χ4v) is 3.80. The molecule has 1 aromatic carbocycles. The molecule has 2 rings (SSSR count). The van der Waals surface area contributed by atoms with Crippen LogP contribution in [0.15, 0.2) is 24.3 Å². The van der Waals surface area contributed by atoms with Crippen molar-refractivity contribution in [2.24, 2.45) is 5.92 Å². The fraction of sp³-hybridized carbons (Fsp3) is 0.571. The second-order valence-electron chi connectivity index (χ2n) is 10.4. The molecular weight excluding hydrogens is 474 g/mol. The molecule has 2 unspecified atom stereocenters. The highest BCUT2D eigenvalue weighted by Crippen LogP contribution is 2.36. The second-order valence-corrected chi connectivity index (χ2v) is 10.4. The van der Waals surface area contributed by atoms with Crippen LogP contribution in [-0.4, -0.2) is 59.6 Å². The number of benzene rings is 1. The van der Waals surface area contributed by atoms with E-state index in [1.807, 2.05) is 13.8 Å². The first-order valence-corrected chi connectivity index (χ1v) is 12.7. The molecule has 1 aliphatic rings. The van der Waals surface area contributed by atoms with E-state index >= 15 is 0 Å². The van der Waals surface area contributed by atoms with Crippen LogP contribution in [0.25, 0.3) is 0 Å². The van der Waals surface area contributed by atoms with Crippen molar-refractivity contribution in [3.63, 3.8) is 0 Å². The monoisotopic (exact) mass is 513 g/mol. The number of carbonyl (C=O) groups is 4. The number of nitrogens with one attached hydrogen (secondary N) is 2. The number of alkyl carbamates (subject to hydrolysis) is 1. The first kappa shape index (κ1) is 29.7. The van der Waals surface area contributed by atoms with E-state index in [9.17, 15) is 19.2 Å². The van der Waals surface area contributed by atoms with Crippen LogP contribution >= 0.6 is 0 Å². The van der Waals surface area contributed by atoms with Crippen molar-refractivity contribution in [2.75, 3.05) is 13.2 Å². The van der Waals surface area contributed by atoms with Crippen molar-refractivity contribution in [2.45, 2.75) is 84.5 Å². The minimum absolute atomic E-state index is 0.00846. The third kappa shape index (κ3) is 9.12. The lowest BCUT2D eigenvalue weighted by molar-refractivity contribution is -0.145. The second kappa shape index (κ2) is 13.1. The Labute approximate surface area is 219 Å². The molecule has 0 aliphatic heterocycles. The number of nitrogens with zero attached hydrogens (tertiary/aromatic N) is 1. The summed E-state index contributed by atoms with van der Waals surface area (Å²) >= 11 is 0. The Balaban J connectivity index is 2.37. The minimum Gasteiger partial charge on any atom is -0.466 e. The Bertz CT molecular complexity index is 1000. The Morgan fingerprint density at radius 1 is 1.14 bits per heavy atom. The highest BCUT2D eigenvalue weighted by Gasteiger charge is 2.44. The number of hydrogen-bond acceptors (Lipinski definition) is 6. The SMILES string of the molecule is C#Cc1ccc(C(C(=O)NCCC(=O)OCC)N(C(=O)C(NC(=O)OC(C)(C)C)C(C)C)C2CC2)cc1. The molecule has 3 amide bonds. The summed E-state index contributed by atoms with van der Waals surface area (Å²) < 4.78 is 10.3. The van der Waals surface area contributed by atoms with Crippen LogP contribution in [0.3, 0.4) is 0 Å². The Kier molecular flexibility index (Phi) is 10.5. The average Bonchev–Trinajstić information content (AvgIpc) is 3.64. The smallest absolute Gasteiger partial charge is 0.408 e. The van der Waals surface area contributed by atoms with Crippen molar-refractivity contribution in [3.05, 3.63) is 35.4 Å². The summed E-state index contributed by atoms with van der Waals surface area (Å²) in [5, 5.41) is 5.47. The lowest BCUT2D eigenvalue weighted by Gasteiger charge is -2.35. The summed E-state index contributed by atoms with van der Waals surface area (Å²) in [6.07, 6.45) is 6.27. The van der Waals surface area contributed by atoms with Crippen molar-refractivity contribution < 1.29 is 28.7 Å². The molecule has 0 spiro atoms. The number of carbonyl (C=O) groups excluding carboxylic acids is 4. The van der Waals surface area contributed by atoms with Crippen molar-refractivity contribution in [1.82, 2.24) is 15.5 Å². The zero-order valence-electron chi connectivity index (χ0n) is 22.6. The van der Waals surface area contributed by atoms with E-state index in [1.54, 1.807) is 56.9 Å². The number of hydrogen-bond donors (Lipinski definition) is 2. The van der Waals surface area contributed by atoms with Crippen LogP contribution in [-0.2, 0) is 23.9 Å². The van der Waals surface area contributed by atoms with E-state index in [-0.39, 0.29) is 37.4 Å². The first-order valence-electron chi connectivity index (χ1n) is 12.7. The summed E-state index contributed by atoms with van der Waals surface area (Å²) in [6.45, 7) is 10.9. The molecule has 2 N–H and O–H groups in total. The van der Waals surface area contributed by atoms with Gasteiger partial charge in [0.15, 0.2) is 0 Å². The van der Waals surface area contributed by atoms with Gasteiger partial charge >= 0.3 is 12.1 Å². The molecule has 2 atom stereocenters.